The fraction of sp³-hybridized carbons (Fsp3) is 0.125. The first-order chi connectivity index (χ1) is 11.1. The normalized spacial score (nSPS) is 21.4. The number of nitrogens with zero attached hydrogens (tertiary/aromatic N) is 3. The first kappa shape index (κ1) is 15.0. The van der Waals surface area contributed by atoms with Crippen LogP contribution in [0.3, 0.4) is 0 Å². The Morgan fingerprint density at radius 3 is 1.74 bits per heavy atom. The van der Waals surface area contributed by atoms with Crippen LogP contribution in [0.15, 0.2) is 64.8 Å². The van der Waals surface area contributed by atoms with E-state index in [0.29, 0.717) is 11.4 Å². The minimum Gasteiger partial charge on any atom is -0.380 e. The highest BCUT2D eigenvalue weighted by Gasteiger charge is 2.46. The first-order valence-corrected chi connectivity index (χ1v) is 6.89. The Kier molecular flexibility index (Phi) is 3.96. The summed E-state index contributed by atoms with van der Waals surface area (Å²) in [7, 11) is 0. The molecule has 2 atom stereocenters. The quantitative estimate of drug-likeness (QED) is 0.665. The molecule has 23 heavy (non-hydrogen) atoms. The largest absolute Gasteiger partial charge is 0.380 e. The van der Waals surface area contributed by atoms with Crippen LogP contribution in [0.5, 0.6) is 0 Å². The van der Waals surface area contributed by atoms with E-state index in [0.717, 1.165) is 4.90 Å². The zero-order valence-electron chi connectivity index (χ0n) is 11.9. The summed E-state index contributed by atoms with van der Waals surface area (Å²) >= 11 is 0. The number of amides is 2. The van der Waals surface area contributed by atoms with Crippen molar-refractivity contribution in [3.05, 3.63) is 54.6 Å². The fourth-order valence-corrected chi connectivity index (χ4v) is 2.18. The van der Waals surface area contributed by atoms with Gasteiger partial charge in [-0.3, -0.25) is 9.59 Å². The molecule has 3 rings (SSSR count). The van der Waals surface area contributed by atoms with E-state index in [-0.39, 0.29) is 5.69 Å². The second kappa shape index (κ2) is 6.07. The van der Waals surface area contributed by atoms with Crippen LogP contribution in [0.1, 0.15) is 0 Å². The van der Waals surface area contributed by atoms with Crippen LogP contribution < -0.4 is 4.90 Å². The number of benzene rings is 2. The van der Waals surface area contributed by atoms with Crippen LogP contribution in [0, 0.1) is 0 Å². The van der Waals surface area contributed by atoms with Crippen LogP contribution >= 0.6 is 0 Å². The van der Waals surface area contributed by atoms with E-state index >= 15 is 0 Å². The van der Waals surface area contributed by atoms with Crippen LogP contribution in [0.2, 0.25) is 0 Å². The van der Waals surface area contributed by atoms with Crippen molar-refractivity contribution in [1.29, 1.82) is 0 Å². The molecule has 1 saturated heterocycles. The molecule has 0 aromatic heterocycles. The van der Waals surface area contributed by atoms with E-state index < -0.39 is 24.0 Å². The van der Waals surface area contributed by atoms with Crippen molar-refractivity contribution in [2.45, 2.75) is 12.2 Å². The summed E-state index contributed by atoms with van der Waals surface area (Å²) in [4.78, 5) is 24.3. The molecule has 0 saturated carbocycles. The highest BCUT2D eigenvalue weighted by molar-refractivity contribution is 6.24. The molecule has 1 fully saturated rings. The molecule has 2 N–H and O–H groups in total. The first-order valence-electron chi connectivity index (χ1n) is 6.89. The standard InChI is InChI=1S/C16H13N3O4/c20-13-14(21)16(23)19(15(13)22)12-8-6-11(7-9-12)18-17-10-4-2-1-3-5-10/h1-9,13-14,20-21H/t13-,14-/m1/s1. The van der Waals surface area contributed by atoms with Crippen molar-refractivity contribution in [2.75, 3.05) is 4.90 Å². The second-order valence-electron chi connectivity index (χ2n) is 4.95. The Bertz CT molecular complexity index is 739. The minimum atomic E-state index is -1.72. The molecule has 0 spiro atoms. The summed E-state index contributed by atoms with van der Waals surface area (Å²) in [5.74, 6) is -1.69. The summed E-state index contributed by atoms with van der Waals surface area (Å²) < 4.78 is 0. The van der Waals surface area contributed by atoms with Crippen molar-refractivity contribution >= 4 is 28.9 Å². The van der Waals surface area contributed by atoms with Crippen molar-refractivity contribution in [3.63, 3.8) is 0 Å². The van der Waals surface area contributed by atoms with Gasteiger partial charge in [-0.1, -0.05) is 18.2 Å². The van der Waals surface area contributed by atoms with E-state index in [2.05, 4.69) is 10.2 Å². The second-order valence-corrected chi connectivity index (χ2v) is 4.95. The highest BCUT2D eigenvalue weighted by Crippen LogP contribution is 2.26. The smallest absolute Gasteiger partial charge is 0.265 e. The molecule has 116 valence electrons. The highest BCUT2D eigenvalue weighted by atomic mass is 16.4. The molecule has 0 aliphatic carbocycles. The van der Waals surface area contributed by atoms with E-state index in [1.807, 2.05) is 30.3 Å². The lowest BCUT2D eigenvalue weighted by Crippen LogP contribution is -2.31. The molecular weight excluding hydrogens is 298 g/mol. The predicted molar refractivity (Wildman–Crippen MR) is 81.6 cm³/mol. The van der Waals surface area contributed by atoms with Gasteiger partial charge in [0.1, 0.15) is 0 Å². The van der Waals surface area contributed by atoms with Crippen molar-refractivity contribution in [3.8, 4) is 0 Å². The molecule has 0 bridgehead atoms. The number of hydrogen-bond donors (Lipinski definition) is 2. The average molecular weight is 311 g/mol. The Morgan fingerprint density at radius 2 is 1.22 bits per heavy atom. The van der Waals surface area contributed by atoms with E-state index in [9.17, 15) is 19.8 Å². The third-order valence-electron chi connectivity index (χ3n) is 3.39. The fourth-order valence-electron chi connectivity index (χ4n) is 2.18. The summed E-state index contributed by atoms with van der Waals surface area (Å²) in [6.45, 7) is 0. The molecule has 2 aromatic carbocycles. The number of hydrogen-bond acceptors (Lipinski definition) is 6. The van der Waals surface area contributed by atoms with E-state index in [4.69, 9.17) is 0 Å². The number of carbonyl (C=O) groups is 2. The molecule has 1 heterocycles. The third kappa shape index (κ3) is 2.87. The number of rotatable bonds is 3. The van der Waals surface area contributed by atoms with Gasteiger partial charge in [-0.2, -0.15) is 10.2 Å². The maximum atomic E-state index is 11.8. The number of azo groups is 1. The van der Waals surface area contributed by atoms with Crippen LogP contribution in [-0.4, -0.2) is 34.2 Å². The lowest BCUT2D eigenvalue weighted by molar-refractivity contribution is -0.129. The molecule has 2 aromatic rings. The Hall–Kier alpha value is -2.90. The predicted octanol–water partition coefficient (Wildman–Crippen LogP) is 1.70. The lowest BCUT2D eigenvalue weighted by atomic mass is 10.2. The van der Waals surface area contributed by atoms with Crippen LogP contribution in [-0.2, 0) is 9.59 Å². The van der Waals surface area contributed by atoms with Gasteiger partial charge in [-0.05, 0) is 36.4 Å². The summed E-state index contributed by atoms with van der Waals surface area (Å²) in [5.41, 5.74) is 1.50. The van der Waals surface area contributed by atoms with Crippen LogP contribution in [0.4, 0.5) is 17.1 Å². The van der Waals surface area contributed by atoms with Crippen molar-refractivity contribution in [2.24, 2.45) is 10.2 Å². The Morgan fingerprint density at radius 1 is 0.739 bits per heavy atom. The Balaban J connectivity index is 1.79. The zero-order chi connectivity index (χ0) is 16.4. The van der Waals surface area contributed by atoms with Gasteiger partial charge in [0.15, 0.2) is 12.2 Å². The van der Waals surface area contributed by atoms with Gasteiger partial charge in [-0.25, -0.2) is 4.90 Å². The topological polar surface area (TPSA) is 103 Å². The Labute approximate surface area is 131 Å². The lowest BCUT2D eigenvalue weighted by Gasteiger charge is -2.13. The number of carbonyl (C=O) groups excluding carboxylic acids is 2. The van der Waals surface area contributed by atoms with Gasteiger partial charge >= 0.3 is 0 Å². The maximum Gasteiger partial charge on any atom is 0.265 e. The number of anilines is 1. The SMILES string of the molecule is O=C1[C@H](O)[C@@H](O)C(=O)N1c1ccc(N=Nc2ccccc2)cc1. The average Bonchev–Trinajstić information content (AvgIpc) is 2.78. The summed E-state index contributed by atoms with van der Waals surface area (Å²) in [5, 5.41) is 27.0. The van der Waals surface area contributed by atoms with Gasteiger partial charge in [0.25, 0.3) is 11.8 Å². The molecular formula is C16H13N3O4. The van der Waals surface area contributed by atoms with Crippen LogP contribution in [0.25, 0.3) is 0 Å². The minimum absolute atomic E-state index is 0.259. The number of aliphatic hydroxyl groups excluding tert-OH is 2. The molecule has 0 radical (unpaired) electrons. The third-order valence-corrected chi connectivity index (χ3v) is 3.39. The number of imide groups is 1. The monoisotopic (exact) mass is 311 g/mol. The zero-order valence-corrected chi connectivity index (χ0v) is 11.9. The van der Waals surface area contributed by atoms with E-state index in [1.54, 1.807) is 12.1 Å². The van der Waals surface area contributed by atoms with Gasteiger partial charge in [0.05, 0.1) is 17.1 Å². The van der Waals surface area contributed by atoms with E-state index in [1.165, 1.54) is 12.1 Å². The van der Waals surface area contributed by atoms with Gasteiger partial charge in [0.2, 0.25) is 0 Å². The number of aliphatic hydroxyl groups is 2. The molecule has 7 heteroatoms. The summed E-state index contributed by atoms with van der Waals surface area (Å²) in [6, 6.07) is 15.3. The molecule has 7 nitrogen and oxygen atoms in total. The van der Waals surface area contributed by atoms with Gasteiger partial charge < -0.3 is 10.2 Å². The molecule has 0 unspecified atom stereocenters. The summed E-state index contributed by atoms with van der Waals surface area (Å²) in [6.07, 6.45) is -3.44. The van der Waals surface area contributed by atoms with Gasteiger partial charge in [0, 0.05) is 0 Å². The molecule has 1 aliphatic heterocycles. The van der Waals surface area contributed by atoms with Crippen molar-refractivity contribution < 1.29 is 19.8 Å². The molecule has 1 aliphatic rings. The van der Waals surface area contributed by atoms with Gasteiger partial charge in [-0.15, -0.1) is 0 Å². The molecule has 2 amide bonds. The van der Waals surface area contributed by atoms with Crippen molar-refractivity contribution in [1.82, 2.24) is 0 Å². The maximum absolute atomic E-state index is 11.8.